The molecule has 0 amide bonds. The van der Waals surface area contributed by atoms with Crippen molar-refractivity contribution in [2.75, 3.05) is 25.0 Å². The Morgan fingerprint density at radius 2 is 1.97 bits per heavy atom. The van der Waals surface area contributed by atoms with Gasteiger partial charge in [0.15, 0.2) is 0 Å². The highest BCUT2D eigenvalue weighted by atomic mass is 16.5. The molecule has 2 unspecified atom stereocenters. The number of hydrogen-bond acceptors (Lipinski definition) is 5. The predicted octanol–water partition coefficient (Wildman–Crippen LogP) is 4.57. The Bertz CT molecular complexity index is 1140. The van der Waals surface area contributed by atoms with Crippen LogP contribution >= 0.6 is 0 Å². The van der Waals surface area contributed by atoms with Crippen LogP contribution in [0.4, 0.5) is 5.69 Å². The molecule has 5 atom stereocenters. The molecule has 1 aromatic heterocycles. The van der Waals surface area contributed by atoms with E-state index in [4.69, 9.17) is 4.74 Å². The van der Waals surface area contributed by atoms with Crippen LogP contribution in [0.2, 0.25) is 0 Å². The highest BCUT2D eigenvalue weighted by Gasteiger charge is 2.39. The third-order valence-electron chi connectivity index (χ3n) is 7.12. The van der Waals surface area contributed by atoms with Crippen molar-refractivity contribution in [3.8, 4) is 0 Å². The minimum atomic E-state index is -0.792. The third-order valence-corrected chi connectivity index (χ3v) is 7.12. The lowest BCUT2D eigenvalue weighted by Crippen LogP contribution is -2.38. The molecule has 6 heteroatoms. The van der Waals surface area contributed by atoms with Gasteiger partial charge in [0.2, 0.25) is 0 Å². The quantitative estimate of drug-likeness (QED) is 0.460. The SMILES string of the molecule is C[C@H](CN[C@H](c1ccccc1)[C@H]1CNc2cccnc2C1)c1cccc(C2OCC2C(=O)O)c1. The topological polar surface area (TPSA) is 83.5 Å². The van der Waals surface area contributed by atoms with Crippen molar-refractivity contribution in [1.82, 2.24) is 10.3 Å². The van der Waals surface area contributed by atoms with Crippen molar-refractivity contribution in [2.24, 2.45) is 11.8 Å². The van der Waals surface area contributed by atoms with E-state index in [1.54, 1.807) is 0 Å². The van der Waals surface area contributed by atoms with E-state index in [0.717, 1.165) is 36.5 Å². The van der Waals surface area contributed by atoms with Crippen LogP contribution in [0.1, 0.15) is 47.4 Å². The highest BCUT2D eigenvalue weighted by Crippen LogP contribution is 2.37. The van der Waals surface area contributed by atoms with E-state index in [9.17, 15) is 9.90 Å². The van der Waals surface area contributed by atoms with Crippen molar-refractivity contribution < 1.29 is 14.6 Å². The molecule has 1 saturated heterocycles. The lowest BCUT2D eigenvalue weighted by Gasteiger charge is -2.35. The van der Waals surface area contributed by atoms with Gasteiger partial charge < -0.3 is 20.5 Å². The van der Waals surface area contributed by atoms with Gasteiger partial charge in [-0.05, 0) is 41.2 Å². The zero-order valence-corrected chi connectivity index (χ0v) is 19.4. The maximum Gasteiger partial charge on any atom is 0.311 e. The molecule has 0 spiro atoms. The summed E-state index contributed by atoms with van der Waals surface area (Å²) in [4.78, 5) is 16.0. The summed E-state index contributed by atoms with van der Waals surface area (Å²) < 4.78 is 5.58. The Balaban J connectivity index is 1.30. The van der Waals surface area contributed by atoms with Gasteiger partial charge in [-0.3, -0.25) is 9.78 Å². The standard InChI is InChI=1S/C28H31N3O3/c1-18(20-9-5-10-21(13-20)27-23(17-34-27)28(32)33)15-31-26(19-7-3-2-4-8-19)22-14-25-24(30-16-22)11-6-12-29-25/h2-13,18,22-23,26-27,30-31H,14-17H2,1H3,(H,32,33)/t18-,22-,23?,26-,27?/m1/s1. The minimum absolute atomic E-state index is 0.195. The van der Waals surface area contributed by atoms with Crippen LogP contribution in [0, 0.1) is 11.8 Å². The van der Waals surface area contributed by atoms with Crippen LogP contribution < -0.4 is 10.6 Å². The molecule has 2 aliphatic heterocycles. The van der Waals surface area contributed by atoms with Crippen molar-refractivity contribution >= 4 is 11.7 Å². The average molecular weight is 458 g/mol. The number of nitrogens with one attached hydrogen (secondary N) is 2. The molecule has 6 nitrogen and oxygen atoms in total. The van der Waals surface area contributed by atoms with E-state index in [1.807, 2.05) is 24.4 Å². The number of ether oxygens (including phenoxy) is 1. The van der Waals surface area contributed by atoms with Crippen molar-refractivity contribution in [3.63, 3.8) is 0 Å². The van der Waals surface area contributed by atoms with Crippen LogP contribution in [0.25, 0.3) is 0 Å². The van der Waals surface area contributed by atoms with Gasteiger partial charge in [-0.15, -0.1) is 0 Å². The fourth-order valence-electron chi connectivity index (χ4n) is 5.06. The number of carbonyl (C=O) groups is 1. The predicted molar refractivity (Wildman–Crippen MR) is 132 cm³/mol. The van der Waals surface area contributed by atoms with Crippen LogP contribution in [-0.4, -0.2) is 35.8 Å². The van der Waals surface area contributed by atoms with Gasteiger partial charge in [-0.25, -0.2) is 0 Å². The third kappa shape index (κ3) is 4.69. The summed E-state index contributed by atoms with van der Waals surface area (Å²) >= 11 is 0. The van der Waals surface area contributed by atoms with Gasteiger partial charge in [-0.2, -0.15) is 0 Å². The van der Waals surface area contributed by atoms with Gasteiger partial charge in [-0.1, -0.05) is 61.5 Å². The molecule has 34 heavy (non-hydrogen) atoms. The first-order valence-corrected chi connectivity index (χ1v) is 12.0. The summed E-state index contributed by atoms with van der Waals surface area (Å²) in [7, 11) is 0. The van der Waals surface area contributed by atoms with E-state index >= 15 is 0 Å². The number of pyridine rings is 1. The van der Waals surface area contributed by atoms with Gasteiger partial charge in [0.1, 0.15) is 5.92 Å². The molecule has 2 aromatic carbocycles. The summed E-state index contributed by atoms with van der Waals surface area (Å²) in [6.45, 7) is 4.20. The van der Waals surface area contributed by atoms with Crippen molar-refractivity contribution in [1.29, 1.82) is 0 Å². The van der Waals surface area contributed by atoms with Crippen LogP contribution in [0.3, 0.4) is 0 Å². The number of hydrogen-bond donors (Lipinski definition) is 3. The molecule has 5 rings (SSSR count). The second kappa shape index (κ2) is 9.95. The number of aliphatic carboxylic acids is 1. The lowest BCUT2D eigenvalue weighted by molar-refractivity contribution is -0.174. The van der Waals surface area contributed by atoms with E-state index in [1.165, 1.54) is 11.1 Å². The first-order valence-electron chi connectivity index (χ1n) is 12.0. The molecule has 1 fully saturated rings. The largest absolute Gasteiger partial charge is 0.481 e. The Hall–Kier alpha value is -3.22. The zero-order chi connectivity index (χ0) is 23.5. The van der Waals surface area contributed by atoms with Gasteiger partial charge >= 0.3 is 5.97 Å². The summed E-state index contributed by atoms with van der Waals surface area (Å²) in [6.07, 6.45) is 2.44. The van der Waals surface area contributed by atoms with Gasteiger partial charge in [0.05, 0.1) is 24.1 Å². The number of rotatable bonds is 8. The number of benzene rings is 2. The van der Waals surface area contributed by atoms with E-state index in [2.05, 4.69) is 71.1 Å². The lowest BCUT2D eigenvalue weighted by atomic mass is 9.85. The zero-order valence-electron chi connectivity index (χ0n) is 19.4. The average Bonchev–Trinajstić information content (AvgIpc) is 2.84. The molecule has 176 valence electrons. The first kappa shape index (κ1) is 22.6. The molecule has 0 radical (unpaired) electrons. The number of aromatic nitrogens is 1. The highest BCUT2D eigenvalue weighted by molar-refractivity contribution is 5.72. The van der Waals surface area contributed by atoms with Crippen molar-refractivity contribution in [3.05, 3.63) is 95.3 Å². The number of carboxylic acid groups (broad SMARTS) is 1. The van der Waals surface area contributed by atoms with Crippen LogP contribution in [-0.2, 0) is 16.0 Å². The number of fused-ring (bicyclic) bond motifs is 1. The normalized spacial score (nSPS) is 23.1. The van der Waals surface area contributed by atoms with E-state index in [0.29, 0.717) is 5.92 Å². The second-order valence-corrected chi connectivity index (χ2v) is 9.41. The fraction of sp³-hybridized carbons (Fsp3) is 0.357. The molecule has 0 aliphatic carbocycles. The Morgan fingerprint density at radius 3 is 2.74 bits per heavy atom. The molecule has 0 bridgehead atoms. The number of carboxylic acids is 1. The molecule has 0 saturated carbocycles. The smallest absolute Gasteiger partial charge is 0.311 e. The molecule has 3 aromatic rings. The maximum atomic E-state index is 11.4. The molecular formula is C28H31N3O3. The van der Waals surface area contributed by atoms with E-state index < -0.39 is 11.9 Å². The van der Waals surface area contributed by atoms with Crippen LogP contribution in [0.15, 0.2) is 72.9 Å². The Kier molecular flexibility index (Phi) is 6.61. The molecule has 2 aliphatic rings. The summed E-state index contributed by atoms with van der Waals surface area (Å²) in [5.74, 6) is -0.611. The van der Waals surface area contributed by atoms with Gasteiger partial charge in [0.25, 0.3) is 0 Å². The summed E-state index contributed by atoms with van der Waals surface area (Å²) in [6, 6.07) is 23.1. The first-order chi connectivity index (χ1) is 16.6. The fourth-order valence-corrected chi connectivity index (χ4v) is 5.06. The van der Waals surface area contributed by atoms with Gasteiger partial charge in [0, 0.05) is 31.2 Å². The Labute approximate surface area is 200 Å². The summed E-state index contributed by atoms with van der Waals surface area (Å²) in [5, 5.41) is 16.8. The number of nitrogens with zero attached hydrogens (tertiary/aromatic N) is 1. The monoisotopic (exact) mass is 457 g/mol. The minimum Gasteiger partial charge on any atom is -0.481 e. The second-order valence-electron chi connectivity index (χ2n) is 9.41. The molecular weight excluding hydrogens is 426 g/mol. The summed E-state index contributed by atoms with van der Waals surface area (Å²) in [5.41, 5.74) is 5.66. The van der Waals surface area contributed by atoms with Crippen molar-refractivity contribution in [2.45, 2.75) is 31.4 Å². The molecule has 3 N–H and O–H groups in total. The Morgan fingerprint density at radius 1 is 1.15 bits per heavy atom. The molecule has 3 heterocycles. The van der Waals surface area contributed by atoms with Crippen LogP contribution in [0.5, 0.6) is 0 Å². The maximum absolute atomic E-state index is 11.4. The van der Waals surface area contributed by atoms with E-state index in [-0.39, 0.29) is 24.7 Å². The number of anilines is 1.